The minimum atomic E-state index is -0.294. The third-order valence-corrected chi connectivity index (χ3v) is 4.65. The van der Waals surface area contributed by atoms with Gasteiger partial charge in [-0.1, -0.05) is 60.4 Å². The van der Waals surface area contributed by atoms with Crippen molar-refractivity contribution < 1.29 is 4.79 Å². The van der Waals surface area contributed by atoms with Crippen LogP contribution in [0.2, 0.25) is 10.0 Å². The smallest absolute Gasteiger partial charge is 0.250 e. The number of unbranched alkanes of at least 4 members (excludes halogenated alkanes) is 2. The summed E-state index contributed by atoms with van der Waals surface area (Å²) in [7, 11) is 0. The van der Waals surface area contributed by atoms with Crippen molar-refractivity contribution in [2.45, 2.75) is 32.6 Å². The average Bonchev–Trinajstić information content (AvgIpc) is 2.94. The number of aryl methyl sites for hydroxylation is 1. The Balaban J connectivity index is 1.93. The lowest BCUT2D eigenvalue weighted by atomic mass is 10.2. The van der Waals surface area contributed by atoms with E-state index in [1.165, 1.54) is 23.8 Å². The number of carbonyl (C=O) groups is 1. The van der Waals surface area contributed by atoms with Crippen LogP contribution in [0.4, 0.5) is 5.13 Å². The third-order valence-electron chi connectivity index (χ3n) is 3.09. The zero-order valence-corrected chi connectivity index (χ0v) is 15.0. The molecule has 4 nitrogen and oxygen atoms in total. The summed E-state index contributed by atoms with van der Waals surface area (Å²) in [6, 6.07) is 5.19. The molecule has 0 saturated heterocycles. The maximum absolute atomic E-state index is 11.9. The molecule has 0 spiro atoms. The van der Waals surface area contributed by atoms with Gasteiger partial charge in [-0.2, -0.15) is 0 Å². The first kappa shape index (κ1) is 17.9. The number of hydrogen-bond acceptors (Lipinski definition) is 4. The van der Waals surface area contributed by atoms with E-state index >= 15 is 0 Å². The second-order valence-corrected chi connectivity index (χ2v) is 6.79. The second kappa shape index (κ2) is 9.01. The molecule has 23 heavy (non-hydrogen) atoms. The number of nitrogens with zero attached hydrogens (tertiary/aromatic N) is 2. The minimum absolute atomic E-state index is 0.294. The molecular formula is C16H17Cl2N3OS. The summed E-state index contributed by atoms with van der Waals surface area (Å²) < 4.78 is 0. The number of aromatic nitrogens is 2. The van der Waals surface area contributed by atoms with Crippen LogP contribution >= 0.6 is 34.5 Å². The first-order valence-corrected chi connectivity index (χ1v) is 8.93. The molecule has 0 atom stereocenters. The first-order chi connectivity index (χ1) is 11.1. The molecule has 0 saturated carbocycles. The van der Waals surface area contributed by atoms with E-state index in [0.29, 0.717) is 20.7 Å². The predicted molar refractivity (Wildman–Crippen MR) is 97.3 cm³/mol. The van der Waals surface area contributed by atoms with Crippen molar-refractivity contribution in [3.63, 3.8) is 0 Å². The van der Waals surface area contributed by atoms with Crippen LogP contribution in [0.15, 0.2) is 24.3 Å². The van der Waals surface area contributed by atoms with E-state index in [4.69, 9.17) is 23.2 Å². The molecule has 122 valence electrons. The molecular weight excluding hydrogens is 353 g/mol. The van der Waals surface area contributed by atoms with Crippen molar-refractivity contribution in [1.82, 2.24) is 10.2 Å². The molecule has 1 heterocycles. The highest BCUT2D eigenvalue weighted by atomic mass is 35.5. The topological polar surface area (TPSA) is 54.9 Å². The molecule has 1 N–H and O–H groups in total. The van der Waals surface area contributed by atoms with E-state index < -0.39 is 0 Å². The van der Waals surface area contributed by atoms with Gasteiger partial charge in [-0.3, -0.25) is 10.1 Å². The number of amides is 1. The number of nitrogens with one attached hydrogen (secondary N) is 1. The Labute approximate surface area is 149 Å². The minimum Gasteiger partial charge on any atom is -0.297 e. The van der Waals surface area contributed by atoms with Crippen molar-refractivity contribution in [2.75, 3.05) is 5.32 Å². The van der Waals surface area contributed by atoms with E-state index in [0.717, 1.165) is 24.3 Å². The summed E-state index contributed by atoms with van der Waals surface area (Å²) in [5.41, 5.74) is 0.614. The zero-order valence-electron chi connectivity index (χ0n) is 12.7. The summed E-state index contributed by atoms with van der Waals surface area (Å²) >= 11 is 13.5. The lowest BCUT2D eigenvalue weighted by molar-refractivity contribution is -0.111. The number of hydrogen-bond donors (Lipinski definition) is 1. The van der Waals surface area contributed by atoms with E-state index in [2.05, 4.69) is 22.4 Å². The van der Waals surface area contributed by atoms with Crippen LogP contribution in [0.25, 0.3) is 6.08 Å². The van der Waals surface area contributed by atoms with Crippen LogP contribution in [0.3, 0.4) is 0 Å². The predicted octanol–water partition coefficient (Wildman–Crippen LogP) is 5.23. The summed E-state index contributed by atoms with van der Waals surface area (Å²) in [5, 5.41) is 13.2. The van der Waals surface area contributed by atoms with Crippen molar-refractivity contribution in [2.24, 2.45) is 0 Å². The fourth-order valence-corrected chi connectivity index (χ4v) is 3.22. The normalized spacial score (nSPS) is 11.1. The number of halogens is 2. The van der Waals surface area contributed by atoms with Crippen LogP contribution < -0.4 is 5.32 Å². The highest BCUT2D eigenvalue weighted by Crippen LogP contribution is 2.25. The molecule has 0 bridgehead atoms. The Morgan fingerprint density at radius 1 is 1.26 bits per heavy atom. The molecule has 0 fully saturated rings. The van der Waals surface area contributed by atoms with Gasteiger partial charge in [0.2, 0.25) is 11.0 Å². The quantitative estimate of drug-likeness (QED) is 0.536. The van der Waals surface area contributed by atoms with Gasteiger partial charge < -0.3 is 0 Å². The van der Waals surface area contributed by atoms with Gasteiger partial charge in [0.1, 0.15) is 5.01 Å². The van der Waals surface area contributed by atoms with E-state index in [1.54, 1.807) is 24.3 Å². The van der Waals surface area contributed by atoms with Gasteiger partial charge in [0.05, 0.1) is 0 Å². The zero-order chi connectivity index (χ0) is 16.7. The fraction of sp³-hybridized carbons (Fsp3) is 0.312. The standard InChI is InChI=1S/C16H17Cl2N3OS/c1-2-3-4-8-15-20-21-16(23-15)19-14(22)10-9-11-12(17)6-5-7-13(11)18/h5-7,9-10H,2-4,8H2,1H3,(H,19,21,22). The molecule has 0 aliphatic heterocycles. The SMILES string of the molecule is CCCCCc1nnc(NC(=O)C=Cc2c(Cl)cccc2Cl)s1. The van der Waals surface area contributed by atoms with Gasteiger partial charge >= 0.3 is 0 Å². The van der Waals surface area contributed by atoms with Crippen LogP contribution in [0.5, 0.6) is 0 Å². The van der Waals surface area contributed by atoms with Gasteiger partial charge in [-0.25, -0.2) is 0 Å². The maximum Gasteiger partial charge on any atom is 0.250 e. The summed E-state index contributed by atoms with van der Waals surface area (Å²) in [4.78, 5) is 11.9. The summed E-state index contributed by atoms with van der Waals surface area (Å²) in [6.07, 6.45) is 7.28. The monoisotopic (exact) mass is 369 g/mol. The Morgan fingerprint density at radius 2 is 2.00 bits per heavy atom. The molecule has 0 aliphatic rings. The highest BCUT2D eigenvalue weighted by Gasteiger charge is 2.07. The summed E-state index contributed by atoms with van der Waals surface area (Å²) in [6.45, 7) is 2.16. The molecule has 1 aromatic carbocycles. The Morgan fingerprint density at radius 3 is 2.70 bits per heavy atom. The van der Waals surface area contributed by atoms with Crippen molar-refractivity contribution in [1.29, 1.82) is 0 Å². The van der Waals surface area contributed by atoms with Crippen LogP contribution in [0.1, 0.15) is 36.8 Å². The maximum atomic E-state index is 11.9. The second-order valence-electron chi connectivity index (χ2n) is 4.92. The van der Waals surface area contributed by atoms with Gasteiger partial charge in [-0.15, -0.1) is 10.2 Å². The largest absolute Gasteiger partial charge is 0.297 e. The van der Waals surface area contributed by atoms with E-state index in [1.807, 2.05) is 0 Å². The lowest BCUT2D eigenvalue weighted by Crippen LogP contribution is -2.07. The first-order valence-electron chi connectivity index (χ1n) is 7.35. The third kappa shape index (κ3) is 5.61. The Hall–Kier alpha value is -1.43. The highest BCUT2D eigenvalue weighted by molar-refractivity contribution is 7.15. The molecule has 1 amide bonds. The van der Waals surface area contributed by atoms with Gasteiger partial charge in [0.15, 0.2) is 0 Å². The number of carbonyl (C=O) groups excluding carboxylic acids is 1. The molecule has 7 heteroatoms. The Bertz CT molecular complexity index is 680. The van der Waals surface area contributed by atoms with E-state index in [-0.39, 0.29) is 5.91 Å². The van der Waals surface area contributed by atoms with Crippen LogP contribution in [0, 0.1) is 0 Å². The van der Waals surface area contributed by atoms with Crippen LogP contribution in [-0.4, -0.2) is 16.1 Å². The molecule has 2 aromatic rings. The molecule has 2 rings (SSSR count). The van der Waals surface area contributed by atoms with Crippen molar-refractivity contribution in [3.8, 4) is 0 Å². The average molecular weight is 370 g/mol. The number of rotatable bonds is 7. The van der Waals surface area contributed by atoms with Crippen molar-refractivity contribution in [3.05, 3.63) is 44.9 Å². The van der Waals surface area contributed by atoms with Gasteiger partial charge in [0, 0.05) is 28.1 Å². The number of anilines is 1. The lowest BCUT2D eigenvalue weighted by Gasteiger charge is -2.00. The molecule has 0 aliphatic carbocycles. The van der Waals surface area contributed by atoms with Crippen molar-refractivity contribution >= 4 is 51.7 Å². The molecule has 0 radical (unpaired) electrons. The summed E-state index contributed by atoms with van der Waals surface area (Å²) in [5.74, 6) is -0.294. The fourth-order valence-electron chi connectivity index (χ4n) is 1.91. The molecule has 1 aromatic heterocycles. The molecule has 0 unspecified atom stereocenters. The Kier molecular flexibility index (Phi) is 7.02. The number of benzene rings is 1. The van der Waals surface area contributed by atoms with Gasteiger partial charge in [-0.05, 0) is 24.6 Å². The van der Waals surface area contributed by atoms with Crippen LogP contribution in [-0.2, 0) is 11.2 Å². The van der Waals surface area contributed by atoms with Gasteiger partial charge in [0.25, 0.3) is 0 Å². The van der Waals surface area contributed by atoms with E-state index in [9.17, 15) is 4.79 Å².